The van der Waals surface area contributed by atoms with Crippen LogP contribution in [-0.4, -0.2) is 38.1 Å². The second kappa shape index (κ2) is 8.91. The van der Waals surface area contributed by atoms with Gasteiger partial charge in [0.25, 0.3) is 11.7 Å². The van der Waals surface area contributed by atoms with Gasteiger partial charge in [-0.1, -0.05) is 11.6 Å². The second-order valence-corrected chi connectivity index (χ2v) is 7.50. The first-order chi connectivity index (χ1) is 15.9. The number of hydrogen-bond donors (Lipinski definition) is 1. The Morgan fingerprint density at radius 1 is 0.970 bits per heavy atom. The minimum Gasteiger partial charge on any atom is -0.507 e. The van der Waals surface area contributed by atoms with Gasteiger partial charge < -0.3 is 23.7 Å². The summed E-state index contributed by atoms with van der Waals surface area (Å²) in [7, 11) is 4.38. The maximum atomic E-state index is 13.2. The quantitative estimate of drug-likeness (QED) is 0.320. The lowest BCUT2D eigenvalue weighted by molar-refractivity contribution is -0.132. The Morgan fingerprint density at radius 2 is 1.67 bits per heavy atom. The molecule has 1 atom stereocenters. The van der Waals surface area contributed by atoms with E-state index in [1.165, 1.54) is 38.6 Å². The van der Waals surface area contributed by atoms with Crippen LogP contribution in [0.15, 0.2) is 64.8 Å². The number of furan rings is 1. The lowest BCUT2D eigenvalue weighted by Crippen LogP contribution is -2.29. The maximum absolute atomic E-state index is 13.2. The molecule has 0 spiro atoms. The zero-order valence-electron chi connectivity index (χ0n) is 18.0. The van der Waals surface area contributed by atoms with Crippen LogP contribution in [-0.2, 0) is 9.59 Å². The van der Waals surface area contributed by atoms with E-state index in [0.717, 1.165) is 0 Å². The minimum absolute atomic E-state index is 0.162. The number of anilines is 1. The third kappa shape index (κ3) is 3.78. The van der Waals surface area contributed by atoms with Gasteiger partial charge in [0.2, 0.25) is 0 Å². The number of Topliss-reactive ketones (excluding diaryl/α,β-unsaturated/α-hetero) is 1. The number of halogens is 1. The molecule has 4 rings (SSSR count). The molecule has 2 heterocycles. The molecule has 1 aliphatic rings. The van der Waals surface area contributed by atoms with Crippen molar-refractivity contribution in [1.82, 2.24) is 0 Å². The Bertz CT molecular complexity index is 1250. The van der Waals surface area contributed by atoms with Gasteiger partial charge >= 0.3 is 0 Å². The van der Waals surface area contributed by atoms with Crippen LogP contribution in [0, 0.1) is 0 Å². The molecular formula is C24H20ClNO7. The topological polar surface area (TPSA) is 98.4 Å². The molecule has 0 aliphatic carbocycles. The molecule has 1 fully saturated rings. The molecule has 1 saturated heterocycles. The summed E-state index contributed by atoms with van der Waals surface area (Å²) in [4.78, 5) is 27.6. The molecule has 9 heteroatoms. The lowest BCUT2D eigenvalue weighted by Gasteiger charge is -2.24. The number of aliphatic hydroxyl groups is 1. The molecule has 2 aromatic carbocycles. The summed E-state index contributed by atoms with van der Waals surface area (Å²) in [5.41, 5.74) is 0.366. The van der Waals surface area contributed by atoms with Gasteiger partial charge in [-0.25, -0.2) is 0 Å². The van der Waals surface area contributed by atoms with E-state index >= 15 is 0 Å². The highest BCUT2D eigenvalue weighted by Crippen LogP contribution is 2.45. The van der Waals surface area contributed by atoms with Gasteiger partial charge in [-0.15, -0.1) is 0 Å². The predicted molar refractivity (Wildman–Crippen MR) is 121 cm³/mol. The molecule has 0 radical (unpaired) electrons. The van der Waals surface area contributed by atoms with Crippen molar-refractivity contribution >= 4 is 34.7 Å². The molecule has 1 unspecified atom stereocenters. The van der Waals surface area contributed by atoms with Gasteiger partial charge in [0.15, 0.2) is 11.5 Å². The van der Waals surface area contributed by atoms with Crippen LogP contribution in [0.4, 0.5) is 5.69 Å². The van der Waals surface area contributed by atoms with Gasteiger partial charge in [0, 0.05) is 16.8 Å². The first-order valence-electron chi connectivity index (χ1n) is 9.81. The van der Waals surface area contributed by atoms with E-state index in [4.69, 9.17) is 30.2 Å². The van der Waals surface area contributed by atoms with Crippen LogP contribution in [0.5, 0.6) is 17.2 Å². The van der Waals surface area contributed by atoms with Crippen LogP contribution in [0.3, 0.4) is 0 Å². The number of ketones is 1. The normalized spacial score (nSPS) is 17.3. The SMILES string of the molecule is COc1ccc(N2C(=O)C(=O)/C(=C(\O)c3cc(Cl)ccc3OC)C2c2ccco2)cc1OC. The van der Waals surface area contributed by atoms with Gasteiger partial charge in [-0.05, 0) is 42.5 Å². The summed E-state index contributed by atoms with van der Waals surface area (Å²) in [5, 5.41) is 11.5. The summed E-state index contributed by atoms with van der Waals surface area (Å²) in [6.07, 6.45) is 1.42. The third-order valence-corrected chi connectivity index (χ3v) is 5.55. The fourth-order valence-corrected chi connectivity index (χ4v) is 3.97. The van der Waals surface area contributed by atoms with E-state index in [9.17, 15) is 14.7 Å². The smallest absolute Gasteiger partial charge is 0.300 e. The highest BCUT2D eigenvalue weighted by atomic mass is 35.5. The number of hydrogen-bond acceptors (Lipinski definition) is 7. The summed E-state index contributed by atoms with van der Waals surface area (Å²) in [5.74, 6) is -0.768. The molecule has 1 aromatic heterocycles. The standard InChI is InChI=1S/C24H20ClNO7/c1-30-16-8-6-13(25)11-15(16)22(27)20-21(18-5-4-10-33-18)26(24(29)23(20)28)14-7-9-17(31-2)19(12-14)32-3/h4-12,21,27H,1-3H3/b22-20-. The molecule has 0 bridgehead atoms. The number of rotatable bonds is 6. The Morgan fingerprint density at radius 3 is 2.30 bits per heavy atom. The molecular weight excluding hydrogens is 450 g/mol. The number of carbonyl (C=O) groups excluding carboxylic acids is 2. The Balaban J connectivity index is 1.95. The molecule has 1 aliphatic heterocycles. The van der Waals surface area contributed by atoms with Crippen molar-refractivity contribution in [3.8, 4) is 17.2 Å². The van der Waals surface area contributed by atoms with Gasteiger partial charge in [-0.3, -0.25) is 14.5 Å². The molecule has 0 saturated carbocycles. The largest absolute Gasteiger partial charge is 0.507 e. The van der Waals surface area contributed by atoms with Crippen molar-refractivity contribution in [2.24, 2.45) is 0 Å². The molecule has 33 heavy (non-hydrogen) atoms. The first kappa shape index (κ1) is 22.3. The summed E-state index contributed by atoms with van der Waals surface area (Å²) >= 11 is 6.12. The monoisotopic (exact) mass is 469 g/mol. The Hall–Kier alpha value is -3.91. The van der Waals surface area contributed by atoms with Crippen molar-refractivity contribution in [3.63, 3.8) is 0 Å². The van der Waals surface area contributed by atoms with Crippen molar-refractivity contribution in [2.45, 2.75) is 6.04 Å². The van der Waals surface area contributed by atoms with Gasteiger partial charge in [0.1, 0.15) is 23.3 Å². The first-order valence-corrected chi connectivity index (χ1v) is 10.2. The number of aliphatic hydroxyl groups excluding tert-OH is 1. The Labute approximate surface area is 194 Å². The number of amides is 1. The number of methoxy groups -OCH3 is 3. The number of ether oxygens (including phenoxy) is 3. The van der Waals surface area contributed by atoms with Crippen LogP contribution in [0.1, 0.15) is 17.4 Å². The van der Waals surface area contributed by atoms with E-state index in [0.29, 0.717) is 22.2 Å². The minimum atomic E-state index is -1.04. The van der Waals surface area contributed by atoms with E-state index in [1.54, 1.807) is 42.5 Å². The predicted octanol–water partition coefficient (Wildman–Crippen LogP) is 4.59. The number of benzene rings is 2. The molecule has 1 amide bonds. The summed E-state index contributed by atoms with van der Waals surface area (Å²) < 4.78 is 21.5. The van der Waals surface area contributed by atoms with E-state index in [-0.39, 0.29) is 22.6 Å². The van der Waals surface area contributed by atoms with E-state index in [2.05, 4.69) is 0 Å². The van der Waals surface area contributed by atoms with E-state index in [1.807, 2.05) is 0 Å². The van der Waals surface area contributed by atoms with Crippen LogP contribution in [0.25, 0.3) is 5.76 Å². The summed E-state index contributed by atoms with van der Waals surface area (Å²) in [6.45, 7) is 0. The number of carbonyl (C=O) groups is 2. The maximum Gasteiger partial charge on any atom is 0.300 e. The van der Waals surface area contributed by atoms with Crippen molar-refractivity contribution < 1.29 is 33.3 Å². The third-order valence-electron chi connectivity index (χ3n) is 5.32. The lowest BCUT2D eigenvalue weighted by atomic mass is 9.98. The van der Waals surface area contributed by atoms with Crippen molar-refractivity contribution in [2.75, 3.05) is 26.2 Å². The van der Waals surface area contributed by atoms with E-state index < -0.39 is 23.5 Å². The molecule has 8 nitrogen and oxygen atoms in total. The van der Waals surface area contributed by atoms with Crippen LogP contribution < -0.4 is 19.1 Å². The van der Waals surface area contributed by atoms with Gasteiger partial charge in [-0.2, -0.15) is 0 Å². The average molecular weight is 470 g/mol. The molecule has 1 N–H and O–H groups in total. The Kier molecular flexibility index (Phi) is 6.02. The molecule has 170 valence electrons. The van der Waals surface area contributed by atoms with Crippen LogP contribution in [0.2, 0.25) is 5.02 Å². The zero-order chi connectivity index (χ0) is 23.7. The fraction of sp³-hybridized carbons (Fsp3) is 0.167. The van der Waals surface area contributed by atoms with Crippen molar-refractivity contribution in [1.29, 1.82) is 0 Å². The van der Waals surface area contributed by atoms with Crippen LogP contribution >= 0.6 is 11.6 Å². The molecule has 3 aromatic rings. The van der Waals surface area contributed by atoms with Gasteiger partial charge in [0.05, 0.1) is 38.7 Å². The fourth-order valence-electron chi connectivity index (χ4n) is 3.80. The average Bonchev–Trinajstić information content (AvgIpc) is 3.45. The highest BCUT2D eigenvalue weighted by molar-refractivity contribution is 6.51. The number of nitrogens with zero attached hydrogens (tertiary/aromatic N) is 1. The summed E-state index contributed by atoms with van der Waals surface area (Å²) in [6, 6.07) is 11.6. The second-order valence-electron chi connectivity index (χ2n) is 7.07. The highest BCUT2D eigenvalue weighted by Gasteiger charge is 2.48. The zero-order valence-corrected chi connectivity index (χ0v) is 18.8. The van der Waals surface area contributed by atoms with Crippen molar-refractivity contribution in [3.05, 3.63) is 76.7 Å².